The Morgan fingerprint density at radius 2 is 0.800 bits per heavy atom. The topological polar surface area (TPSA) is 48.5 Å². The van der Waals surface area contributed by atoms with Gasteiger partial charge in [0.05, 0.1) is 30.1 Å². The van der Waals surface area contributed by atoms with Crippen molar-refractivity contribution >= 4 is 56.9 Å². The van der Waals surface area contributed by atoms with E-state index in [2.05, 4.69) is 187 Å². The van der Waals surface area contributed by atoms with Crippen molar-refractivity contribution in [1.29, 1.82) is 0 Å². The van der Waals surface area contributed by atoms with Crippen LogP contribution in [0.2, 0.25) is 19.6 Å². The molecule has 0 atom stereocenters. The van der Waals surface area contributed by atoms with E-state index in [4.69, 9.17) is 15.0 Å². The Kier molecular flexibility index (Phi) is 8.43. The normalized spacial score (nSPS) is 11.9. The van der Waals surface area contributed by atoms with Crippen LogP contribution in [-0.2, 0) is 0 Å². The van der Waals surface area contributed by atoms with E-state index < -0.39 is 8.07 Å². The molecule has 0 unspecified atom stereocenters. The molecule has 0 amide bonds. The number of hydrogen-bond acceptors (Lipinski definition) is 3. The summed E-state index contributed by atoms with van der Waals surface area (Å²) in [6.07, 6.45) is 0. The van der Waals surface area contributed by atoms with Gasteiger partial charge in [0, 0.05) is 49.6 Å². The monoisotopic (exact) mass is 787 g/mol. The summed E-state index contributed by atoms with van der Waals surface area (Å²) in [6.45, 7) is 7.21. The molecule has 0 aliphatic rings. The van der Waals surface area contributed by atoms with Crippen LogP contribution < -0.4 is 5.19 Å². The maximum atomic E-state index is 5.14. The molecule has 11 aromatic rings. The number of para-hydroxylation sites is 3. The number of fused-ring (bicyclic) bond motifs is 6. The Morgan fingerprint density at radius 3 is 1.42 bits per heavy atom. The van der Waals surface area contributed by atoms with E-state index in [0.29, 0.717) is 17.5 Å². The number of nitrogens with zero attached hydrogens (tertiary/aromatic N) is 5. The van der Waals surface area contributed by atoms with Gasteiger partial charge in [-0.15, -0.1) is 0 Å². The van der Waals surface area contributed by atoms with E-state index in [1.807, 2.05) is 36.4 Å². The third-order valence-electron chi connectivity index (χ3n) is 11.7. The number of aromatic nitrogens is 5. The summed E-state index contributed by atoms with van der Waals surface area (Å²) in [5.41, 5.74) is 12.2. The third-order valence-corrected chi connectivity index (χ3v) is 13.7. The zero-order valence-corrected chi connectivity index (χ0v) is 34.7. The second-order valence-electron chi connectivity index (χ2n) is 16.6. The molecule has 0 saturated heterocycles. The molecule has 11 rings (SSSR count). The van der Waals surface area contributed by atoms with Gasteiger partial charge in [0.15, 0.2) is 17.5 Å². The quantitative estimate of drug-likeness (QED) is 0.151. The predicted octanol–water partition coefficient (Wildman–Crippen LogP) is 13.3. The van der Waals surface area contributed by atoms with E-state index in [9.17, 15) is 0 Å². The minimum Gasteiger partial charge on any atom is -0.309 e. The summed E-state index contributed by atoms with van der Waals surface area (Å²) in [5, 5.41) is 6.26. The molecule has 6 heteroatoms. The van der Waals surface area contributed by atoms with E-state index in [-0.39, 0.29) is 0 Å². The molecule has 0 spiro atoms. The van der Waals surface area contributed by atoms with E-state index in [1.54, 1.807) is 0 Å². The highest BCUT2D eigenvalue weighted by atomic mass is 28.3. The highest BCUT2D eigenvalue weighted by molar-refractivity contribution is 6.88. The Balaban J connectivity index is 1.11. The van der Waals surface area contributed by atoms with Gasteiger partial charge in [0.1, 0.15) is 0 Å². The molecule has 0 radical (unpaired) electrons. The van der Waals surface area contributed by atoms with Crippen molar-refractivity contribution in [2.24, 2.45) is 0 Å². The fourth-order valence-electron chi connectivity index (χ4n) is 8.68. The first kappa shape index (κ1) is 35.7. The van der Waals surface area contributed by atoms with Crippen LogP contribution in [0, 0.1) is 0 Å². The van der Waals surface area contributed by atoms with Crippen LogP contribution in [-0.4, -0.2) is 32.2 Å². The molecule has 0 N–H and O–H groups in total. The predicted molar refractivity (Wildman–Crippen MR) is 253 cm³/mol. The fraction of sp³-hybridized carbons (Fsp3) is 0.0556. The van der Waals surface area contributed by atoms with Gasteiger partial charge >= 0.3 is 0 Å². The van der Waals surface area contributed by atoms with Gasteiger partial charge in [0.2, 0.25) is 0 Å². The Morgan fingerprint density at radius 1 is 0.317 bits per heavy atom. The van der Waals surface area contributed by atoms with Crippen LogP contribution in [0.4, 0.5) is 0 Å². The van der Waals surface area contributed by atoms with E-state index in [1.165, 1.54) is 43.3 Å². The molecule has 8 aromatic carbocycles. The highest BCUT2D eigenvalue weighted by Crippen LogP contribution is 2.39. The van der Waals surface area contributed by atoms with Crippen LogP contribution in [0.1, 0.15) is 0 Å². The van der Waals surface area contributed by atoms with Gasteiger partial charge in [-0.25, -0.2) is 15.0 Å². The largest absolute Gasteiger partial charge is 0.309 e. The second kappa shape index (κ2) is 14.2. The lowest BCUT2D eigenvalue weighted by atomic mass is 10.0. The van der Waals surface area contributed by atoms with Gasteiger partial charge < -0.3 is 9.13 Å². The van der Waals surface area contributed by atoms with Gasteiger partial charge in [0.25, 0.3) is 0 Å². The van der Waals surface area contributed by atoms with Crippen molar-refractivity contribution in [3.8, 4) is 56.7 Å². The molecule has 3 aromatic heterocycles. The summed E-state index contributed by atoms with van der Waals surface area (Å²) >= 11 is 0. The summed E-state index contributed by atoms with van der Waals surface area (Å²) in [4.78, 5) is 15.3. The smallest absolute Gasteiger partial charge is 0.164 e. The molecule has 3 heterocycles. The first-order valence-electron chi connectivity index (χ1n) is 20.5. The average molecular weight is 788 g/mol. The molecule has 0 bridgehead atoms. The van der Waals surface area contributed by atoms with Crippen LogP contribution in [0.25, 0.3) is 100 Å². The molecular weight excluding hydrogens is 747 g/mol. The van der Waals surface area contributed by atoms with Crippen molar-refractivity contribution in [3.63, 3.8) is 0 Å². The van der Waals surface area contributed by atoms with Gasteiger partial charge in [-0.2, -0.15) is 0 Å². The van der Waals surface area contributed by atoms with Crippen LogP contribution in [0.15, 0.2) is 194 Å². The first-order chi connectivity index (χ1) is 29.4. The summed E-state index contributed by atoms with van der Waals surface area (Å²) in [7, 11) is -1.81. The maximum Gasteiger partial charge on any atom is 0.164 e. The fourth-order valence-corrected chi connectivity index (χ4v) is 9.85. The molecule has 0 saturated carbocycles. The maximum absolute atomic E-state index is 5.14. The molecule has 0 aliphatic carbocycles. The number of benzene rings is 8. The van der Waals surface area contributed by atoms with Gasteiger partial charge in [-0.3, -0.25) is 0 Å². The van der Waals surface area contributed by atoms with Gasteiger partial charge in [-0.1, -0.05) is 164 Å². The molecule has 5 nitrogen and oxygen atoms in total. The van der Waals surface area contributed by atoms with Crippen molar-refractivity contribution in [1.82, 2.24) is 24.1 Å². The standard InChI is InChI=1S/C54H41N5Si/c1-60(2,3)43-32-39(31-40(33-43)54-56-52(36-17-7-4-8-18-36)55-53(57-54)37-19-9-5-10-20-37)38-27-29-46-44-23-13-15-25-48(44)59(51(46)34-38)42-28-30-50-47(35-42)45-24-14-16-26-49(45)58(50)41-21-11-6-12-22-41/h4-35H,1-3H3. The number of hydrogen-bond donors (Lipinski definition) is 0. The van der Waals surface area contributed by atoms with Crippen LogP contribution in [0.5, 0.6) is 0 Å². The van der Waals surface area contributed by atoms with Crippen molar-refractivity contribution in [2.75, 3.05) is 0 Å². The molecule has 286 valence electrons. The summed E-state index contributed by atoms with van der Waals surface area (Å²) in [6, 6.07) is 69.4. The average Bonchev–Trinajstić information content (AvgIpc) is 3.81. The minimum absolute atomic E-state index is 0.661. The van der Waals surface area contributed by atoms with Crippen LogP contribution in [0.3, 0.4) is 0 Å². The lowest BCUT2D eigenvalue weighted by Crippen LogP contribution is -2.37. The lowest BCUT2D eigenvalue weighted by molar-refractivity contribution is 1.07. The van der Waals surface area contributed by atoms with Crippen LogP contribution >= 0.6 is 0 Å². The minimum atomic E-state index is -1.81. The van der Waals surface area contributed by atoms with Crippen molar-refractivity contribution in [2.45, 2.75) is 19.6 Å². The SMILES string of the molecule is C[Si](C)(C)c1cc(-c2ccc3c4ccccc4n(-c4ccc5c(c4)c4ccccc4n5-c4ccccc4)c3c2)cc(-c2nc(-c3ccccc3)nc(-c3ccccc3)n2)c1. The number of rotatable bonds is 7. The molecular formula is C54H41N5Si. The summed E-state index contributed by atoms with van der Waals surface area (Å²) < 4.78 is 4.81. The Labute approximate surface area is 349 Å². The molecule has 0 aliphatic heterocycles. The molecule has 0 fully saturated rings. The summed E-state index contributed by atoms with van der Waals surface area (Å²) in [5.74, 6) is 1.99. The second-order valence-corrected chi connectivity index (χ2v) is 21.6. The lowest BCUT2D eigenvalue weighted by Gasteiger charge is -2.20. The van der Waals surface area contributed by atoms with Crippen molar-refractivity contribution in [3.05, 3.63) is 194 Å². The zero-order chi connectivity index (χ0) is 40.4. The third kappa shape index (κ3) is 6.12. The van der Waals surface area contributed by atoms with Crippen molar-refractivity contribution < 1.29 is 0 Å². The van der Waals surface area contributed by atoms with E-state index >= 15 is 0 Å². The van der Waals surface area contributed by atoms with Gasteiger partial charge in [-0.05, 0) is 65.7 Å². The Hall–Kier alpha value is -7.41. The highest BCUT2D eigenvalue weighted by Gasteiger charge is 2.22. The first-order valence-corrected chi connectivity index (χ1v) is 24.0. The molecule has 60 heavy (non-hydrogen) atoms. The zero-order valence-electron chi connectivity index (χ0n) is 33.7. The van der Waals surface area contributed by atoms with E-state index in [0.717, 1.165) is 44.7 Å². The Bertz CT molecular complexity index is 3340.